The highest BCUT2D eigenvalue weighted by molar-refractivity contribution is 5.97. The van der Waals surface area contributed by atoms with Crippen LogP contribution in [0.1, 0.15) is 108 Å². The van der Waals surface area contributed by atoms with Gasteiger partial charge in [-0.25, -0.2) is 19.6 Å². The Labute approximate surface area is 341 Å². The second kappa shape index (κ2) is 18.5. The van der Waals surface area contributed by atoms with E-state index in [0.29, 0.717) is 36.4 Å². The summed E-state index contributed by atoms with van der Waals surface area (Å²) < 4.78 is 15.9. The van der Waals surface area contributed by atoms with E-state index in [1.165, 1.54) is 0 Å². The zero-order valence-corrected chi connectivity index (χ0v) is 34.5. The second-order valence-electron chi connectivity index (χ2n) is 15.4. The first-order chi connectivity index (χ1) is 28.3. The van der Waals surface area contributed by atoms with Crippen LogP contribution in [-0.4, -0.2) is 44.3 Å². The van der Waals surface area contributed by atoms with Gasteiger partial charge in [0.25, 0.3) is 0 Å². The molecular weight excluding hydrogens is 721 g/mol. The summed E-state index contributed by atoms with van der Waals surface area (Å²) in [5.74, 6) is 1.63. The number of hydrogen-bond acceptors (Lipinski definition) is 6. The van der Waals surface area contributed by atoms with Crippen molar-refractivity contribution in [3.63, 3.8) is 0 Å². The van der Waals surface area contributed by atoms with Crippen molar-refractivity contribution in [1.82, 2.24) is 19.1 Å². The molecule has 0 saturated carbocycles. The highest BCUT2D eigenvalue weighted by Crippen LogP contribution is 2.32. The third kappa shape index (κ3) is 8.76. The van der Waals surface area contributed by atoms with Crippen LogP contribution in [0, 0.1) is 6.92 Å². The number of ether oxygens (including phenoxy) is 2. The molecule has 0 fully saturated rings. The summed E-state index contributed by atoms with van der Waals surface area (Å²) in [7, 11) is 2.07. The first kappa shape index (κ1) is 40.2. The van der Waals surface area contributed by atoms with Crippen molar-refractivity contribution in [3.05, 3.63) is 143 Å². The van der Waals surface area contributed by atoms with Crippen LogP contribution in [0.15, 0.2) is 109 Å². The Morgan fingerprint density at radius 2 is 1.38 bits per heavy atom. The van der Waals surface area contributed by atoms with Crippen LogP contribution in [-0.2, 0) is 29.5 Å². The predicted octanol–water partition coefficient (Wildman–Crippen LogP) is 11.7. The van der Waals surface area contributed by atoms with Crippen LogP contribution in [0.5, 0.6) is 0 Å². The van der Waals surface area contributed by atoms with Gasteiger partial charge in [-0.05, 0) is 103 Å². The van der Waals surface area contributed by atoms with Gasteiger partial charge in [-0.1, -0.05) is 106 Å². The third-order valence-corrected chi connectivity index (χ3v) is 11.1. The molecule has 0 aliphatic carbocycles. The number of hydrogen-bond donors (Lipinski definition) is 0. The molecule has 0 amide bonds. The Balaban J connectivity index is 0.997. The molecule has 298 valence electrons. The summed E-state index contributed by atoms with van der Waals surface area (Å²) >= 11 is 0. The summed E-state index contributed by atoms with van der Waals surface area (Å²) in [6.07, 6.45) is 6.35. The third-order valence-electron chi connectivity index (χ3n) is 11.1. The topological polar surface area (TPSA) is 88.2 Å². The molecule has 0 spiro atoms. The maximum atomic E-state index is 13.3. The Bertz CT molecular complexity index is 2530. The molecule has 0 aliphatic heterocycles. The van der Waals surface area contributed by atoms with Crippen molar-refractivity contribution in [2.24, 2.45) is 7.05 Å². The van der Waals surface area contributed by atoms with E-state index in [9.17, 15) is 9.59 Å². The number of nitrogens with zero attached hydrogens (tertiary/aromatic N) is 4. The molecule has 2 aromatic heterocycles. The zero-order chi connectivity index (χ0) is 40.6. The Hall–Kier alpha value is -6.02. The number of imidazole rings is 2. The molecule has 2 heterocycles. The van der Waals surface area contributed by atoms with Gasteiger partial charge in [0, 0.05) is 25.6 Å². The maximum absolute atomic E-state index is 13.3. The molecular formula is C50H54N4O4. The van der Waals surface area contributed by atoms with Gasteiger partial charge < -0.3 is 18.6 Å². The number of aromatic nitrogens is 4. The lowest BCUT2D eigenvalue weighted by molar-refractivity contribution is 0.0432. The van der Waals surface area contributed by atoms with E-state index < -0.39 is 0 Å². The summed E-state index contributed by atoms with van der Waals surface area (Å²) in [5, 5.41) is 0. The highest BCUT2D eigenvalue weighted by Gasteiger charge is 2.19. The monoisotopic (exact) mass is 774 g/mol. The number of carbonyl (C=O) groups excluding carboxylic acids is 2. The van der Waals surface area contributed by atoms with E-state index in [1.54, 1.807) is 0 Å². The molecule has 5 aromatic carbocycles. The molecule has 0 radical (unpaired) electrons. The number of benzene rings is 5. The number of para-hydroxylation sites is 2. The van der Waals surface area contributed by atoms with Gasteiger partial charge in [-0.15, -0.1) is 0 Å². The van der Waals surface area contributed by atoms with E-state index in [2.05, 4.69) is 92.4 Å². The van der Waals surface area contributed by atoms with E-state index in [0.717, 1.165) is 99.2 Å². The maximum Gasteiger partial charge on any atom is 0.338 e. The largest absolute Gasteiger partial charge is 0.462 e. The molecule has 58 heavy (non-hydrogen) atoms. The summed E-state index contributed by atoms with van der Waals surface area (Å²) in [6.45, 7) is 9.84. The van der Waals surface area contributed by atoms with Gasteiger partial charge in [-0.2, -0.15) is 0 Å². The molecule has 1 atom stereocenters. The summed E-state index contributed by atoms with van der Waals surface area (Å²) in [4.78, 5) is 36.4. The average Bonchev–Trinajstić information content (AvgIpc) is 3.77. The van der Waals surface area contributed by atoms with E-state index in [4.69, 9.17) is 19.4 Å². The standard InChI is InChI=1S/C50H54N4O4/c1-6-8-18-34(3)39-19-9-11-21-41(39)49(55)57-29-15-16-30-58-50(56)42-22-12-10-20-40(42)37-27-25-36(26-28-37)33-54-45-32-38(31-35(4)47(45)52-46(54)17-7-2)48-51-43-23-13-14-24-44(43)53(48)5/h9-14,19-28,31-32,34H,6-8,15-18,29-30,33H2,1-5H3. The molecule has 7 rings (SSSR count). The SMILES string of the molecule is CCCCC(C)c1ccccc1C(=O)OCCCCOC(=O)c1ccccc1-c1ccc(Cn2c(CCC)nc3c(C)cc(-c4nc5ccccc5n4C)cc32)cc1. The highest BCUT2D eigenvalue weighted by atomic mass is 16.5. The van der Waals surface area contributed by atoms with Gasteiger partial charge in [-0.3, -0.25) is 0 Å². The lowest BCUT2D eigenvalue weighted by Crippen LogP contribution is -2.12. The number of unbranched alkanes of at least 4 members (excludes halogenated alkanes) is 2. The Kier molecular flexibility index (Phi) is 12.8. The minimum absolute atomic E-state index is 0.241. The predicted molar refractivity (Wildman–Crippen MR) is 233 cm³/mol. The molecule has 1 unspecified atom stereocenters. The Morgan fingerprint density at radius 1 is 0.707 bits per heavy atom. The van der Waals surface area contributed by atoms with Crippen molar-refractivity contribution in [2.45, 2.75) is 85.1 Å². The van der Waals surface area contributed by atoms with Crippen LogP contribution >= 0.6 is 0 Å². The Morgan fingerprint density at radius 3 is 2.10 bits per heavy atom. The number of carbonyl (C=O) groups is 2. The second-order valence-corrected chi connectivity index (χ2v) is 15.4. The lowest BCUT2D eigenvalue weighted by Gasteiger charge is -2.15. The fourth-order valence-electron chi connectivity index (χ4n) is 7.92. The molecule has 0 aliphatic rings. The van der Waals surface area contributed by atoms with Gasteiger partial charge in [0.15, 0.2) is 0 Å². The van der Waals surface area contributed by atoms with Crippen LogP contribution in [0.4, 0.5) is 0 Å². The summed E-state index contributed by atoms with van der Waals surface area (Å²) in [5.41, 5.74) is 11.5. The van der Waals surface area contributed by atoms with Gasteiger partial charge >= 0.3 is 11.9 Å². The molecule has 8 nitrogen and oxygen atoms in total. The van der Waals surface area contributed by atoms with Crippen molar-refractivity contribution < 1.29 is 19.1 Å². The first-order valence-corrected chi connectivity index (χ1v) is 20.8. The van der Waals surface area contributed by atoms with Crippen LogP contribution in [0.25, 0.3) is 44.6 Å². The molecule has 0 N–H and O–H groups in total. The van der Waals surface area contributed by atoms with Crippen LogP contribution in [0.3, 0.4) is 0 Å². The van der Waals surface area contributed by atoms with Crippen molar-refractivity contribution >= 4 is 34.0 Å². The van der Waals surface area contributed by atoms with Crippen LogP contribution < -0.4 is 0 Å². The minimum atomic E-state index is -0.368. The number of aryl methyl sites for hydroxylation is 3. The van der Waals surface area contributed by atoms with Gasteiger partial charge in [0.05, 0.1) is 46.4 Å². The van der Waals surface area contributed by atoms with E-state index >= 15 is 0 Å². The smallest absolute Gasteiger partial charge is 0.338 e. The fraction of sp³-hybridized carbons (Fsp3) is 0.320. The van der Waals surface area contributed by atoms with Crippen molar-refractivity contribution in [1.29, 1.82) is 0 Å². The molecule has 0 saturated heterocycles. The number of fused-ring (bicyclic) bond motifs is 2. The zero-order valence-electron chi connectivity index (χ0n) is 34.5. The van der Waals surface area contributed by atoms with Crippen LogP contribution in [0.2, 0.25) is 0 Å². The number of esters is 2. The quantitative estimate of drug-likeness (QED) is 0.0676. The molecule has 7 aromatic rings. The van der Waals surface area contributed by atoms with Crippen molar-refractivity contribution in [2.75, 3.05) is 13.2 Å². The molecule has 8 heteroatoms. The fourth-order valence-corrected chi connectivity index (χ4v) is 7.92. The lowest BCUT2D eigenvalue weighted by atomic mass is 9.91. The molecule has 0 bridgehead atoms. The average molecular weight is 775 g/mol. The number of rotatable bonds is 17. The van der Waals surface area contributed by atoms with Gasteiger partial charge in [0.1, 0.15) is 11.6 Å². The normalized spacial score (nSPS) is 11.9. The first-order valence-electron chi connectivity index (χ1n) is 20.8. The van der Waals surface area contributed by atoms with E-state index in [1.807, 2.05) is 60.7 Å². The van der Waals surface area contributed by atoms with Gasteiger partial charge in [0.2, 0.25) is 0 Å². The van der Waals surface area contributed by atoms with E-state index in [-0.39, 0.29) is 25.2 Å². The minimum Gasteiger partial charge on any atom is -0.462 e. The summed E-state index contributed by atoms with van der Waals surface area (Å²) in [6, 6.07) is 36.4. The van der Waals surface area contributed by atoms with Crippen molar-refractivity contribution in [3.8, 4) is 22.5 Å².